The van der Waals surface area contributed by atoms with Crippen LogP contribution in [0.4, 0.5) is 0 Å². The molecule has 0 heterocycles. The van der Waals surface area contributed by atoms with Gasteiger partial charge in [-0.3, -0.25) is 19.2 Å². The highest BCUT2D eigenvalue weighted by Crippen LogP contribution is 2.40. The zero-order valence-electron chi connectivity index (χ0n) is 16.4. The van der Waals surface area contributed by atoms with Crippen LogP contribution in [0.25, 0.3) is 0 Å². The lowest BCUT2D eigenvalue weighted by molar-refractivity contribution is -0.178. The highest BCUT2D eigenvalue weighted by molar-refractivity contribution is 6.00. The summed E-state index contributed by atoms with van der Waals surface area (Å²) in [4.78, 5) is 43.7. The van der Waals surface area contributed by atoms with Gasteiger partial charge in [-0.2, -0.15) is 0 Å². The van der Waals surface area contributed by atoms with E-state index in [1.165, 1.54) is 0 Å². The molecular weight excluding hydrogens is 344 g/mol. The fourth-order valence-corrected chi connectivity index (χ4v) is 2.85. The van der Waals surface area contributed by atoms with Gasteiger partial charge in [0, 0.05) is 0 Å². The van der Waals surface area contributed by atoms with Crippen molar-refractivity contribution < 1.29 is 38.9 Å². The number of rotatable bonds is 11. The second-order valence-electron chi connectivity index (χ2n) is 5.64. The summed E-state index contributed by atoms with van der Waals surface area (Å²) in [5.74, 6) is -3.52. The Kier molecular flexibility index (Phi) is 14.2. The Bertz CT molecular complexity index is 424. The zero-order chi connectivity index (χ0) is 20.8. The lowest BCUT2D eigenvalue weighted by atomic mass is 9.69. The van der Waals surface area contributed by atoms with Crippen LogP contribution in [0.2, 0.25) is 0 Å². The maximum absolute atomic E-state index is 12.4. The average molecular weight is 376 g/mol. The number of hydrogen-bond acceptors (Lipinski definition) is 6. The van der Waals surface area contributed by atoms with E-state index in [2.05, 4.69) is 0 Å². The van der Waals surface area contributed by atoms with Crippen molar-refractivity contribution in [1.82, 2.24) is 0 Å². The number of aliphatic carboxylic acids is 2. The molecule has 0 atom stereocenters. The normalized spacial score (nSPS) is 10.5. The van der Waals surface area contributed by atoms with Gasteiger partial charge in [0.05, 0.1) is 13.2 Å². The van der Waals surface area contributed by atoms with E-state index in [-0.39, 0.29) is 19.1 Å². The molecule has 26 heavy (non-hydrogen) atoms. The third-order valence-corrected chi connectivity index (χ3v) is 3.91. The van der Waals surface area contributed by atoms with Crippen LogP contribution < -0.4 is 0 Å². The van der Waals surface area contributed by atoms with E-state index in [1.54, 1.807) is 13.8 Å². The van der Waals surface area contributed by atoms with Crippen molar-refractivity contribution in [3.05, 3.63) is 0 Å². The van der Waals surface area contributed by atoms with Gasteiger partial charge in [-0.15, -0.1) is 0 Å². The summed E-state index contributed by atoms with van der Waals surface area (Å²) in [7, 11) is 0. The van der Waals surface area contributed by atoms with Crippen LogP contribution in [-0.4, -0.2) is 47.3 Å². The number of carbonyl (C=O) groups is 4. The first-order valence-electron chi connectivity index (χ1n) is 8.95. The standard InChI is InChI=1S/C15H28O4.C3H4O4/c1-6-11-15(12(7-2)8-3,13(16)18-9-4)14(17)19-10-5;4-2(5)1-3(6)7/h12H,6-11H2,1-5H3;1H2,(H,4,5)(H,6,7). The maximum Gasteiger partial charge on any atom is 0.323 e. The lowest BCUT2D eigenvalue weighted by Crippen LogP contribution is -2.47. The number of carbonyl (C=O) groups excluding carboxylic acids is 2. The summed E-state index contributed by atoms with van der Waals surface area (Å²) in [5.41, 5.74) is -1.13. The van der Waals surface area contributed by atoms with E-state index >= 15 is 0 Å². The number of carboxylic acids is 2. The molecule has 0 bridgehead atoms. The molecule has 0 radical (unpaired) electrons. The van der Waals surface area contributed by atoms with Crippen LogP contribution in [0.5, 0.6) is 0 Å². The molecule has 0 spiro atoms. The van der Waals surface area contributed by atoms with Gasteiger partial charge in [-0.25, -0.2) is 0 Å². The van der Waals surface area contributed by atoms with Crippen molar-refractivity contribution in [3.8, 4) is 0 Å². The minimum Gasteiger partial charge on any atom is -0.481 e. The highest BCUT2D eigenvalue weighted by Gasteiger charge is 2.52. The van der Waals surface area contributed by atoms with Gasteiger partial charge in [-0.05, 0) is 26.2 Å². The number of carboxylic acid groups (broad SMARTS) is 2. The van der Waals surface area contributed by atoms with Crippen molar-refractivity contribution in [2.45, 2.75) is 66.7 Å². The highest BCUT2D eigenvalue weighted by atomic mass is 16.6. The van der Waals surface area contributed by atoms with Crippen LogP contribution in [0.3, 0.4) is 0 Å². The second-order valence-corrected chi connectivity index (χ2v) is 5.64. The van der Waals surface area contributed by atoms with E-state index in [0.29, 0.717) is 6.42 Å². The molecule has 8 nitrogen and oxygen atoms in total. The Hall–Kier alpha value is -2.12. The molecule has 0 aliphatic carbocycles. The zero-order valence-corrected chi connectivity index (χ0v) is 16.4. The summed E-state index contributed by atoms with van der Waals surface area (Å²) >= 11 is 0. The van der Waals surface area contributed by atoms with E-state index in [1.807, 2.05) is 20.8 Å². The van der Waals surface area contributed by atoms with Gasteiger partial charge in [0.25, 0.3) is 0 Å². The Morgan fingerprint density at radius 1 is 0.808 bits per heavy atom. The molecule has 2 N–H and O–H groups in total. The van der Waals surface area contributed by atoms with Crippen molar-refractivity contribution in [1.29, 1.82) is 0 Å². The third kappa shape index (κ3) is 8.31. The summed E-state index contributed by atoms with van der Waals surface area (Å²) in [5, 5.41) is 15.4. The molecule has 8 heteroatoms. The minimum absolute atomic E-state index is 0.0365. The van der Waals surface area contributed by atoms with Crippen LogP contribution in [-0.2, 0) is 28.7 Å². The summed E-state index contributed by atoms with van der Waals surface area (Å²) in [6.07, 6.45) is 1.94. The summed E-state index contributed by atoms with van der Waals surface area (Å²) in [6, 6.07) is 0. The van der Waals surface area contributed by atoms with Gasteiger partial charge in [0.15, 0.2) is 5.41 Å². The predicted molar refractivity (Wildman–Crippen MR) is 94.6 cm³/mol. The molecule has 0 fully saturated rings. The van der Waals surface area contributed by atoms with Crippen LogP contribution in [0.1, 0.15) is 66.7 Å². The Morgan fingerprint density at radius 3 is 1.38 bits per heavy atom. The van der Waals surface area contributed by atoms with Crippen LogP contribution >= 0.6 is 0 Å². The largest absolute Gasteiger partial charge is 0.481 e. The van der Waals surface area contributed by atoms with Crippen molar-refractivity contribution in [2.75, 3.05) is 13.2 Å². The van der Waals surface area contributed by atoms with Crippen LogP contribution in [0.15, 0.2) is 0 Å². The first-order valence-corrected chi connectivity index (χ1v) is 8.95. The number of hydrogen-bond donors (Lipinski definition) is 2. The molecule has 152 valence electrons. The monoisotopic (exact) mass is 376 g/mol. The molecule has 0 aliphatic heterocycles. The fourth-order valence-electron chi connectivity index (χ4n) is 2.85. The fraction of sp³-hybridized carbons (Fsp3) is 0.778. The first-order chi connectivity index (χ1) is 12.2. The van der Waals surface area contributed by atoms with Gasteiger partial charge in [-0.1, -0.05) is 40.0 Å². The number of esters is 2. The molecular formula is C18H32O8. The Morgan fingerprint density at radius 2 is 1.19 bits per heavy atom. The van der Waals surface area contributed by atoms with E-state index in [9.17, 15) is 19.2 Å². The van der Waals surface area contributed by atoms with Crippen molar-refractivity contribution in [2.24, 2.45) is 11.3 Å². The predicted octanol–water partition coefficient (Wildman–Crippen LogP) is 2.88. The molecule has 0 amide bonds. The lowest BCUT2D eigenvalue weighted by Gasteiger charge is -2.35. The molecule has 0 aliphatic rings. The molecule has 0 aromatic carbocycles. The third-order valence-electron chi connectivity index (χ3n) is 3.91. The molecule has 0 aromatic rings. The molecule has 0 aromatic heterocycles. The Labute approximate surface area is 154 Å². The van der Waals surface area contributed by atoms with Crippen molar-refractivity contribution in [3.63, 3.8) is 0 Å². The van der Waals surface area contributed by atoms with Gasteiger partial charge >= 0.3 is 23.9 Å². The van der Waals surface area contributed by atoms with Crippen LogP contribution in [0, 0.1) is 11.3 Å². The number of ether oxygens (including phenoxy) is 2. The van der Waals surface area contributed by atoms with Gasteiger partial charge in [0.1, 0.15) is 6.42 Å². The van der Waals surface area contributed by atoms with E-state index in [0.717, 1.165) is 19.3 Å². The smallest absolute Gasteiger partial charge is 0.323 e. The molecule has 0 saturated heterocycles. The Balaban J connectivity index is 0. The van der Waals surface area contributed by atoms with Crippen molar-refractivity contribution >= 4 is 23.9 Å². The summed E-state index contributed by atoms with van der Waals surface area (Å²) < 4.78 is 10.3. The minimum atomic E-state index is -1.31. The summed E-state index contributed by atoms with van der Waals surface area (Å²) in [6.45, 7) is 10.0. The molecule has 0 unspecified atom stereocenters. The second kappa shape index (κ2) is 14.1. The molecule has 0 saturated carbocycles. The first kappa shape index (κ1) is 26.1. The topological polar surface area (TPSA) is 127 Å². The maximum atomic E-state index is 12.4. The quantitative estimate of drug-likeness (QED) is 0.416. The van der Waals surface area contributed by atoms with E-state index in [4.69, 9.17) is 19.7 Å². The van der Waals surface area contributed by atoms with Gasteiger partial charge in [0.2, 0.25) is 0 Å². The average Bonchev–Trinajstić information content (AvgIpc) is 2.54. The van der Waals surface area contributed by atoms with E-state index < -0.39 is 35.7 Å². The van der Waals surface area contributed by atoms with Gasteiger partial charge < -0.3 is 19.7 Å². The molecule has 0 rings (SSSR count). The SMILES string of the molecule is CCCC(C(=O)OCC)(C(=O)OCC)C(CC)CC.O=C(O)CC(=O)O.